The van der Waals surface area contributed by atoms with Crippen LogP contribution in [0.25, 0.3) is 0 Å². The van der Waals surface area contributed by atoms with E-state index < -0.39 is 8.96 Å². The SMILES string of the molecule is C=C[SiH](NC)c1ccccc1. The molecular weight excluding hydrogens is 150 g/mol. The first-order chi connectivity index (χ1) is 5.38. The van der Waals surface area contributed by atoms with Crippen LogP contribution in [0.15, 0.2) is 42.6 Å². The quantitative estimate of drug-likeness (QED) is 0.642. The lowest BCUT2D eigenvalue weighted by atomic mass is 10.4. The highest BCUT2D eigenvalue weighted by Crippen LogP contribution is 1.85. The highest BCUT2D eigenvalue weighted by Gasteiger charge is 2.03. The Balaban J connectivity index is 2.82. The predicted molar refractivity (Wildman–Crippen MR) is 52.5 cm³/mol. The Morgan fingerprint density at radius 1 is 1.36 bits per heavy atom. The van der Waals surface area contributed by atoms with Crippen molar-refractivity contribution in [1.82, 2.24) is 4.98 Å². The fraction of sp³-hybridized carbons (Fsp3) is 0.111. The number of benzene rings is 1. The molecule has 0 heterocycles. The first kappa shape index (κ1) is 8.24. The summed E-state index contributed by atoms with van der Waals surface area (Å²) in [5, 5.41) is 1.39. The topological polar surface area (TPSA) is 12.0 Å². The molecule has 0 saturated carbocycles. The maximum atomic E-state index is 3.81. The van der Waals surface area contributed by atoms with Crippen molar-refractivity contribution in [3.63, 3.8) is 0 Å². The van der Waals surface area contributed by atoms with Crippen LogP contribution in [0, 0.1) is 0 Å². The Morgan fingerprint density at radius 3 is 2.45 bits per heavy atom. The van der Waals surface area contributed by atoms with Crippen molar-refractivity contribution in [2.45, 2.75) is 0 Å². The first-order valence-corrected chi connectivity index (χ1v) is 5.55. The molecule has 11 heavy (non-hydrogen) atoms. The van der Waals surface area contributed by atoms with Gasteiger partial charge in [-0.05, 0) is 12.2 Å². The second kappa shape index (κ2) is 4.11. The third-order valence-electron chi connectivity index (χ3n) is 1.71. The minimum atomic E-state index is -1.04. The number of hydrogen-bond donors (Lipinski definition) is 1. The molecule has 0 aliphatic heterocycles. The second-order valence-corrected chi connectivity index (χ2v) is 5.08. The van der Waals surface area contributed by atoms with Crippen LogP contribution in [0.1, 0.15) is 0 Å². The van der Waals surface area contributed by atoms with Crippen LogP contribution in [-0.2, 0) is 0 Å². The molecule has 0 spiro atoms. The van der Waals surface area contributed by atoms with E-state index in [2.05, 4.69) is 35.8 Å². The largest absolute Gasteiger partial charge is 0.336 e. The van der Waals surface area contributed by atoms with Crippen LogP contribution < -0.4 is 10.2 Å². The summed E-state index contributed by atoms with van der Waals surface area (Å²) < 4.78 is 0. The molecule has 0 aromatic heterocycles. The van der Waals surface area contributed by atoms with Gasteiger partial charge in [-0.15, -0.1) is 6.58 Å². The summed E-state index contributed by atoms with van der Waals surface area (Å²) in [6.07, 6.45) is 0. The van der Waals surface area contributed by atoms with Crippen LogP contribution >= 0.6 is 0 Å². The van der Waals surface area contributed by atoms with Crippen molar-refractivity contribution in [3.05, 3.63) is 42.6 Å². The van der Waals surface area contributed by atoms with Gasteiger partial charge in [-0.3, -0.25) is 0 Å². The van der Waals surface area contributed by atoms with Gasteiger partial charge in [0.05, 0.1) is 0 Å². The van der Waals surface area contributed by atoms with Gasteiger partial charge < -0.3 is 4.98 Å². The molecule has 1 nitrogen and oxygen atoms in total. The van der Waals surface area contributed by atoms with Crippen LogP contribution in [0.4, 0.5) is 0 Å². The Morgan fingerprint density at radius 2 is 2.00 bits per heavy atom. The fourth-order valence-electron chi connectivity index (χ4n) is 1.08. The molecule has 1 atom stereocenters. The molecule has 1 aromatic rings. The molecule has 2 heteroatoms. The number of hydrogen-bond acceptors (Lipinski definition) is 1. The summed E-state index contributed by atoms with van der Waals surface area (Å²) in [7, 11) is 0.955. The Hall–Kier alpha value is -0.863. The third kappa shape index (κ3) is 2.03. The summed E-state index contributed by atoms with van der Waals surface area (Å²) in [6, 6.07) is 10.5. The molecule has 0 amide bonds. The lowest BCUT2D eigenvalue weighted by molar-refractivity contribution is 1.23. The van der Waals surface area contributed by atoms with E-state index in [1.807, 2.05) is 18.8 Å². The minimum absolute atomic E-state index is 1.04. The Kier molecular flexibility index (Phi) is 3.07. The van der Waals surface area contributed by atoms with Crippen LogP contribution in [-0.4, -0.2) is 16.0 Å². The zero-order valence-corrected chi connectivity index (χ0v) is 7.90. The van der Waals surface area contributed by atoms with E-state index in [1.165, 1.54) is 5.19 Å². The second-order valence-electron chi connectivity index (χ2n) is 2.41. The van der Waals surface area contributed by atoms with E-state index in [9.17, 15) is 0 Å². The van der Waals surface area contributed by atoms with Gasteiger partial charge in [-0.25, -0.2) is 0 Å². The van der Waals surface area contributed by atoms with Crippen molar-refractivity contribution in [3.8, 4) is 0 Å². The molecule has 1 unspecified atom stereocenters. The summed E-state index contributed by atoms with van der Waals surface area (Å²) in [4.78, 5) is 3.29. The van der Waals surface area contributed by atoms with Gasteiger partial charge in [0.25, 0.3) is 0 Å². The fourth-order valence-corrected chi connectivity index (χ4v) is 2.56. The van der Waals surface area contributed by atoms with E-state index >= 15 is 0 Å². The molecule has 0 aliphatic rings. The maximum Gasteiger partial charge on any atom is 0.165 e. The van der Waals surface area contributed by atoms with Gasteiger partial charge in [0, 0.05) is 0 Å². The van der Waals surface area contributed by atoms with Gasteiger partial charge >= 0.3 is 0 Å². The van der Waals surface area contributed by atoms with Gasteiger partial charge in [0.15, 0.2) is 8.96 Å². The van der Waals surface area contributed by atoms with Gasteiger partial charge in [0.2, 0.25) is 0 Å². The normalized spacial score (nSPS) is 12.5. The smallest absolute Gasteiger partial charge is 0.165 e. The molecular formula is C9H13NSi. The van der Waals surface area contributed by atoms with E-state index in [4.69, 9.17) is 0 Å². The summed E-state index contributed by atoms with van der Waals surface area (Å²) in [5.41, 5.74) is 2.04. The molecule has 0 bridgehead atoms. The van der Waals surface area contributed by atoms with Crippen molar-refractivity contribution in [1.29, 1.82) is 0 Å². The van der Waals surface area contributed by atoms with Crippen molar-refractivity contribution >= 4 is 14.1 Å². The Bertz CT molecular complexity index is 220. The van der Waals surface area contributed by atoms with Crippen LogP contribution in [0.5, 0.6) is 0 Å². The van der Waals surface area contributed by atoms with Gasteiger partial charge in [-0.2, -0.15) is 0 Å². The monoisotopic (exact) mass is 163 g/mol. The minimum Gasteiger partial charge on any atom is -0.336 e. The average molecular weight is 163 g/mol. The summed E-state index contributed by atoms with van der Waals surface area (Å²) >= 11 is 0. The van der Waals surface area contributed by atoms with Crippen molar-refractivity contribution < 1.29 is 0 Å². The maximum absolute atomic E-state index is 3.81. The van der Waals surface area contributed by atoms with Crippen molar-refractivity contribution in [2.24, 2.45) is 0 Å². The van der Waals surface area contributed by atoms with Gasteiger partial charge in [0.1, 0.15) is 0 Å². The zero-order valence-electron chi connectivity index (χ0n) is 6.75. The summed E-state index contributed by atoms with van der Waals surface area (Å²) in [6.45, 7) is 3.81. The molecule has 0 saturated heterocycles. The summed E-state index contributed by atoms with van der Waals surface area (Å²) in [5.74, 6) is 0. The van der Waals surface area contributed by atoms with Gasteiger partial charge in [-0.1, -0.05) is 36.0 Å². The highest BCUT2D eigenvalue weighted by molar-refractivity contribution is 6.75. The predicted octanol–water partition coefficient (Wildman–Crippen LogP) is 0.562. The van der Waals surface area contributed by atoms with E-state index in [0.29, 0.717) is 0 Å². The molecule has 1 N–H and O–H groups in total. The third-order valence-corrected chi connectivity index (χ3v) is 3.90. The standard InChI is InChI=1S/C9H13NSi/c1-3-11(10-2)9-7-5-4-6-8-9/h3-8,10-11H,1H2,2H3. The van der Waals surface area contributed by atoms with E-state index in [1.54, 1.807) is 0 Å². The number of nitrogens with one attached hydrogen (secondary N) is 1. The molecule has 58 valence electrons. The van der Waals surface area contributed by atoms with Crippen LogP contribution in [0.2, 0.25) is 0 Å². The van der Waals surface area contributed by atoms with Crippen molar-refractivity contribution in [2.75, 3.05) is 7.05 Å². The molecule has 0 aliphatic carbocycles. The zero-order chi connectivity index (χ0) is 8.10. The lowest BCUT2D eigenvalue weighted by Crippen LogP contribution is -2.40. The molecule has 1 rings (SSSR count). The lowest BCUT2D eigenvalue weighted by Gasteiger charge is -2.07. The molecule has 1 aromatic carbocycles. The highest BCUT2D eigenvalue weighted by atomic mass is 28.3. The molecule has 0 fully saturated rings. The van der Waals surface area contributed by atoms with E-state index in [-0.39, 0.29) is 0 Å². The molecule has 0 radical (unpaired) electrons. The first-order valence-electron chi connectivity index (χ1n) is 3.73. The van der Waals surface area contributed by atoms with E-state index in [0.717, 1.165) is 0 Å². The average Bonchev–Trinajstić information content (AvgIpc) is 2.09. The Labute approximate surface area is 69.4 Å². The number of rotatable bonds is 3. The van der Waals surface area contributed by atoms with Crippen LogP contribution in [0.3, 0.4) is 0 Å².